The van der Waals surface area contributed by atoms with Crippen LogP contribution in [0, 0.1) is 0 Å². The quantitative estimate of drug-likeness (QED) is 0.668. The molecule has 0 fully saturated rings. The summed E-state index contributed by atoms with van der Waals surface area (Å²) in [5, 5.41) is 0. The first kappa shape index (κ1) is 12.2. The summed E-state index contributed by atoms with van der Waals surface area (Å²) in [6.07, 6.45) is 8.04. The van der Waals surface area contributed by atoms with E-state index in [0.717, 1.165) is 5.69 Å². The lowest BCUT2D eigenvalue weighted by atomic mass is 10.3. The third-order valence-corrected chi connectivity index (χ3v) is 2.68. The van der Waals surface area contributed by atoms with Gasteiger partial charge in [-0.25, -0.2) is 14.8 Å². The van der Waals surface area contributed by atoms with E-state index in [0.29, 0.717) is 18.1 Å². The van der Waals surface area contributed by atoms with Crippen molar-refractivity contribution in [1.82, 2.24) is 24.3 Å². The Bertz CT molecular complexity index is 754. The highest BCUT2D eigenvalue weighted by atomic mass is 16.5. The number of nitrogens with zero attached hydrogens (tertiary/aromatic N) is 5. The Morgan fingerprint density at radius 1 is 1.30 bits per heavy atom. The average Bonchev–Trinajstić information content (AvgIpc) is 2.92. The second-order valence-corrected chi connectivity index (χ2v) is 3.94. The molecule has 0 unspecified atom stereocenters. The van der Waals surface area contributed by atoms with Crippen molar-refractivity contribution in [3.05, 3.63) is 42.7 Å². The fourth-order valence-corrected chi connectivity index (χ4v) is 1.84. The molecule has 3 rings (SSSR count). The molecule has 7 heteroatoms. The van der Waals surface area contributed by atoms with Crippen LogP contribution in [0.15, 0.2) is 37.1 Å². The lowest BCUT2D eigenvalue weighted by Gasteiger charge is -2.02. The average molecular weight is 269 g/mol. The predicted octanol–water partition coefficient (Wildman–Crippen LogP) is 1.36. The molecule has 0 atom stereocenters. The van der Waals surface area contributed by atoms with E-state index in [-0.39, 0.29) is 5.69 Å². The summed E-state index contributed by atoms with van der Waals surface area (Å²) < 4.78 is 6.62. The molecule has 0 N–H and O–H groups in total. The molecule has 0 radical (unpaired) electrons. The van der Waals surface area contributed by atoms with Gasteiger partial charge in [0.1, 0.15) is 5.69 Å². The van der Waals surface area contributed by atoms with Crippen molar-refractivity contribution in [1.29, 1.82) is 0 Å². The number of carbonyl (C=O) groups excluding carboxylic acids is 1. The number of esters is 1. The van der Waals surface area contributed by atoms with Crippen LogP contribution in [0.1, 0.15) is 17.4 Å². The van der Waals surface area contributed by atoms with Crippen LogP contribution in [-0.4, -0.2) is 36.9 Å². The molecule has 3 aromatic heterocycles. The number of hydrogen-bond donors (Lipinski definition) is 0. The molecule has 0 aliphatic rings. The minimum absolute atomic E-state index is 0.218. The van der Waals surface area contributed by atoms with E-state index in [2.05, 4.69) is 19.9 Å². The smallest absolute Gasteiger partial charge is 0.358 e. The monoisotopic (exact) mass is 269 g/mol. The van der Waals surface area contributed by atoms with Gasteiger partial charge < -0.3 is 4.74 Å². The Morgan fingerprint density at radius 2 is 2.20 bits per heavy atom. The van der Waals surface area contributed by atoms with Gasteiger partial charge in [-0.15, -0.1) is 0 Å². The molecule has 0 saturated carbocycles. The molecule has 0 aromatic carbocycles. The van der Waals surface area contributed by atoms with Crippen LogP contribution in [0.25, 0.3) is 17.2 Å². The van der Waals surface area contributed by atoms with Crippen LogP contribution in [-0.2, 0) is 4.74 Å². The molecule has 0 aliphatic heterocycles. The number of ether oxygens (including phenoxy) is 1. The minimum atomic E-state index is -0.469. The van der Waals surface area contributed by atoms with Crippen molar-refractivity contribution in [3.8, 4) is 11.4 Å². The van der Waals surface area contributed by atoms with Crippen molar-refractivity contribution in [2.75, 3.05) is 6.61 Å². The van der Waals surface area contributed by atoms with Crippen LogP contribution >= 0.6 is 0 Å². The normalized spacial score (nSPS) is 10.7. The van der Waals surface area contributed by atoms with Gasteiger partial charge in [-0.3, -0.25) is 14.4 Å². The maximum absolute atomic E-state index is 11.7. The summed E-state index contributed by atoms with van der Waals surface area (Å²) in [4.78, 5) is 28.2. The fraction of sp³-hybridized carbons (Fsp3) is 0.154. The van der Waals surface area contributed by atoms with Crippen molar-refractivity contribution >= 4 is 11.7 Å². The maximum Gasteiger partial charge on any atom is 0.358 e. The van der Waals surface area contributed by atoms with Gasteiger partial charge in [0.15, 0.2) is 5.69 Å². The van der Waals surface area contributed by atoms with Gasteiger partial charge >= 0.3 is 5.97 Å². The molecule has 3 heterocycles. The van der Waals surface area contributed by atoms with Crippen molar-refractivity contribution in [2.24, 2.45) is 0 Å². The van der Waals surface area contributed by atoms with Crippen LogP contribution in [0.5, 0.6) is 0 Å². The van der Waals surface area contributed by atoms with Crippen LogP contribution in [0.4, 0.5) is 0 Å². The van der Waals surface area contributed by atoms with E-state index < -0.39 is 5.97 Å². The zero-order valence-corrected chi connectivity index (χ0v) is 10.7. The molecule has 20 heavy (non-hydrogen) atoms. The topological polar surface area (TPSA) is 82.3 Å². The molecule has 3 aromatic rings. The van der Waals surface area contributed by atoms with Gasteiger partial charge in [-0.2, -0.15) is 0 Å². The largest absolute Gasteiger partial charge is 0.461 e. The standard InChI is InChI=1S/C13H11N5O2/c1-2-20-12(19)10-8-18-11(3-4-16-13(18)17-10)9-7-14-5-6-15-9/h3-8H,2H2,1H3. The third kappa shape index (κ3) is 2.09. The molecule has 7 nitrogen and oxygen atoms in total. The van der Waals surface area contributed by atoms with Gasteiger partial charge in [0, 0.05) is 24.8 Å². The Morgan fingerprint density at radius 3 is 2.95 bits per heavy atom. The molecular weight excluding hydrogens is 258 g/mol. The SMILES string of the molecule is CCOC(=O)c1cn2c(-c3cnccn3)ccnc2n1. The Labute approximate surface area is 114 Å². The van der Waals surface area contributed by atoms with Gasteiger partial charge in [0.05, 0.1) is 18.5 Å². The molecule has 0 aliphatic carbocycles. The number of rotatable bonds is 3. The second-order valence-electron chi connectivity index (χ2n) is 3.94. The molecule has 0 amide bonds. The molecule has 0 bridgehead atoms. The first-order valence-electron chi connectivity index (χ1n) is 6.07. The first-order chi connectivity index (χ1) is 9.79. The zero-order valence-electron chi connectivity index (χ0n) is 10.7. The summed E-state index contributed by atoms with van der Waals surface area (Å²) in [5.74, 6) is -0.0562. The molecule has 100 valence electrons. The maximum atomic E-state index is 11.7. The van der Waals surface area contributed by atoms with E-state index in [1.54, 1.807) is 48.4 Å². The number of carbonyl (C=O) groups is 1. The van der Waals surface area contributed by atoms with Crippen molar-refractivity contribution in [3.63, 3.8) is 0 Å². The second kappa shape index (κ2) is 5.04. The fourth-order valence-electron chi connectivity index (χ4n) is 1.84. The van der Waals surface area contributed by atoms with Crippen LogP contribution in [0.2, 0.25) is 0 Å². The highest BCUT2D eigenvalue weighted by Crippen LogP contribution is 2.17. The van der Waals surface area contributed by atoms with Gasteiger partial charge in [0.25, 0.3) is 0 Å². The number of fused-ring (bicyclic) bond motifs is 1. The third-order valence-electron chi connectivity index (χ3n) is 2.68. The zero-order chi connectivity index (χ0) is 13.9. The minimum Gasteiger partial charge on any atom is -0.461 e. The van der Waals surface area contributed by atoms with Crippen LogP contribution < -0.4 is 0 Å². The predicted molar refractivity (Wildman–Crippen MR) is 70.0 cm³/mol. The summed E-state index contributed by atoms with van der Waals surface area (Å²) in [5.41, 5.74) is 1.65. The molecular formula is C13H11N5O2. The summed E-state index contributed by atoms with van der Waals surface area (Å²) in [6.45, 7) is 2.05. The molecule has 0 spiro atoms. The lowest BCUT2D eigenvalue weighted by Crippen LogP contribution is -2.04. The van der Waals surface area contributed by atoms with Gasteiger partial charge in [-0.05, 0) is 13.0 Å². The lowest BCUT2D eigenvalue weighted by molar-refractivity contribution is 0.0520. The van der Waals surface area contributed by atoms with Crippen LogP contribution in [0.3, 0.4) is 0 Å². The molecule has 0 saturated heterocycles. The summed E-state index contributed by atoms with van der Waals surface area (Å²) in [7, 11) is 0. The summed E-state index contributed by atoms with van der Waals surface area (Å²) in [6, 6.07) is 1.79. The van der Waals surface area contributed by atoms with Gasteiger partial charge in [0.2, 0.25) is 5.78 Å². The van der Waals surface area contributed by atoms with E-state index in [4.69, 9.17) is 4.74 Å². The van der Waals surface area contributed by atoms with Gasteiger partial charge in [-0.1, -0.05) is 0 Å². The number of imidazole rings is 1. The highest BCUT2D eigenvalue weighted by molar-refractivity contribution is 5.88. The number of hydrogen-bond acceptors (Lipinski definition) is 6. The Hall–Kier alpha value is -2.83. The Balaban J connectivity index is 2.13. The highest BCUT2D eigenvalue weighted by Gasteiger charge is 2.14. The van der Waals surface area contributed by atoms with E-state index in [1.807, 2.05) is 0 Å². The number of aromatic nitrogens is 5. The summed E-state index contributed by atoms with van der Waals surface area (Å²) >= 11 is 0. The van der Waals surface area contributed by atoms with E-state index >= 15 is 0 Å². The Kier molecular flexibility index (Phi) is 3.08. The van der Waals surface area contributed by atoms with E-state index in [1.165, 1.54) is 0 Å². The van der Waals surface area contributed by atoms with Crippen molar-refractivity contribution in [2.45, 2.75) is 6.92 Å². The van der Waals surface area contributed by atoms with Crippen molar-refractivity contribution < 1.29 is 9.53 Å². The first-order valence-corrected chi connectivity index (χ1v) is 6.07. The van der Waals surface area contributed by atoms with E-state index in [9.17, 15) is 4.79 Å².